The molecule has 0 amide bonds. The Morgan fingerprint density at radius 1 is 0.969 bits per heavy atom. The average Bonchev–Trinajstić information content (AvgIpc) is 3.15. The van der Waals surface area contributed by atoms with Gasteiger partial charge in [-0.05, 0) is 57.2 Å². The van der Waals surface area contributed by atoms with Crippen molar-refractivity contribution in [1.82, 2.24) is 14.2 Å². The first-order valence-electron chi connectivity index (χ1n) is 10.9. The van der Waals surface area contributed by atoms with Gasteiger partial charge in [0.05, 0.1) is 17.2 Å². The lowest BCUT2D eigenvalue weighted by molar-refractivity contribution is 0.179. The molecule has 0 N–H and O–H groups in total. The standard InChI is InChI=1S/C24H29N3O4S/c1-4-30-21-9-11-22(12-10-21)32(28,29)27-15-13-26(14-16-27)17-23-19(3)31-24(25-23)20-7-5-18(2)6-8-20/h5-12H,4,13-17H2,1-3H3. The number of sulfonamides is 1. The number of benzene rings is 2. The van der Waals surface area contributed by atoms with Gasteiger partial charge in [-0.3, -0.25) is 4.90 Å². The topological polar surface area (TPSA) is 75.9 Å². The predicted molar refractivity (Wildman–Crippen MR) is 123 cm³/mol. The van der Waals surface area contributed by atoms with Crippen molar-refractivity contribution in [3.63, 3.8) is 0 Å². The van der Waals surface area contributed by atoms with E-state index in [1.807, 2.05) is 45.0 Å². The lowest BCUT2D eigenvalue weighted by atomic mass is 10.1. The van der Waals surface area contributed by atoms with Gasteiger partial charge in [0.25, 0.3) is 0 Å². The van der Waals surface area contributed by atoms with Crippen LogP contribution in [0.1, 0.15) is 23.9 Å². The van der Waals surface area contributed by atoms with Crippen LogP contribution in [0.2, 0.25) is 0 Å². The van der Waals surface area contributed by atoms with Crippen molar-refractivity contribution in [3.8, 4) is 17.2 Å². The van der Waals surface area contributed by atoms with Crippen molar-refractivity contribution >= 4 is 10.0 Å². The lowest BCUT2D eigenvalue weighted by Crippen LogP contribution is -2.48. The molecule has 0 saturated carbocycles. The molecule has 0 aliphatic carbocycles. The fraction of sp³-hybridized carbons (Fsp3) is 0.375. The van der Waals surface area contributed by atoms with Crippen LogP contribution in [0.25, 0.3) is 11.5 Å². The molecular weight excluding hydrogens is 426 g/mol. The summed E-state index contributed by atoms with van der Waals surface area (Å²) in [6, 6.07) is 14.7. The summed E-state index contributed by atoms with van der Waals surface area (Å²) in [6.45, 7) is 9.22. The molecule has 7 nitrogen and oxygen atoms in total. The molecule has 2 heterocycles. The van der Waals surface area contributed by atoms with Gasteiger partial charge < -0.3 is 9.15 Å². The smallest absolute Gasteiger partial charge is 0.243 e. The second-order valence-electron chi connectivity index (χ2n) is 7.97. The lowest BCUT2D eigenvalue weighted by Gasteiger charge is -2.33. The number of oxazole rings is 1. The Hall–Kier alpha value is -2.68. The van der Waals surface area contributed by atoms with Gasteiger partial charge in [0.15, 0.2) is 0 Å². The van der Waals surface area contributed by atoms with Crippen LogP contribution in [0.4, 0.5) is 0 Å². The second-order valence-corrected chi connectivity index (χ2v) is 9.91. The Balaban J connectivity index is 1.38. The average molecular weight is 456 g/mol. The summed E-state index contributed by atoms with van der Waals surface area (Å²) in [5.74, 6) is 2.09. The maximum atomic E-state index is 13.0. The highest BCUT2D eigenvalue weighted by atomic mass is 32.2. The van der Waals surface area contributed by atoms with Crippen molar-refractivity contribution < 1.29 is 17.6 Å². The molecule has 0 unspecified atom stereocenters. The van der Waals surface area contributed by atoms with Gasteiger partial charge in [-0.25, -0.2) is 13.4 Å². The molecule has 0 atom stereocenters. The monoisotopic (exact) mass is 455 g/mol. The number of aromatic nitrogens is 1. The maximum absolute atomic E-state index is 13.0. The molecule has 0 radical (unpaired) electrons. The van der Waals surface area contributed by atoms with Crippen LogP contribution in [0, 0.1) is 13.8 Å². The molecule has 2 aromatic carbocycles. The third-order valence-corrected chi connectivity index (χ3v) is 7.58. The number of nitrogens with zero attached hydrogens (tertiary/aromatic N) is 3. The third-order valence-electron chi connectivity index (χ3n) is 5.67. The highest BCUT2D eigenvalue weighted by Crippen LogP contribution is 2.24. The Kier molecular flexibility index (Phi) is 6.64. The molecule has 1 fully saturated rings. The largest absolute Gasteiger partial charge is 0.494 e. The number of piperazine rings is 1. The summed E-state index contributed by atoms with van der Waals surface area (Å²) in [5.41, 5.74) is 3.04. The van der Waals surface area contributed by atoms with Crippen LogP contribution in [0.5, 0.6) is 5.75 Å². The molecule has 0 spiro atoms. The van der Waals surface area contributed by atoms with Crippen molar-refractivity contribution in [2.24, 2.45) is 0 Å². The maximum Gasteiger partial charge on any atom is 0.243 e. The van der Waals surface area contributed by atoms with Gasteiger partial charge in [0.1, 0.15) is 11.5 Å². The molecule has 3 aromatic rings. The molecule has 1 aliphatic heterocycles. The molecule has 1 aromatic heterocycles. The number of rotatable bonds is 7. The Bertz CT molecular complexity index is 1150. The Morgan fingerprint density at radius 2 is 1.62 bits per heavy atom. The summed E-state index contributed by atoms with van der Waals surface area (Å²) in [7, 11) is -3.52. The van der Waals surface area contributed by atoms with Crippen LogP contribution in [0.3, 0.4) is 0 Å². The zero-order valence-corrected chi connectivity index (χ0v) is 19.6. The predicted octanol–water partition coefficient (Wildman–Crippen LogP) is 3.86. The third kappa shape index (κ3) is 4.87. The molecule has 8 heteroatoms. The Labute approximate surface area is 189 Å². The first-order chi connectivity index (χ1) is 15.4. The molecular formula is C24H29N3O4S. The minimum Gasteiger partial charge on any atom is -0.494 e. The van der Waals surface area contributed by atoms with Gasteiger partial charge in [0.2, 0.25) is 15.9 Å². The first kappa shape index (κ1) is 22.5. The number of ether oxygens (including phenoxy) is 1. The molecule has 32 heavy (non-hydrogen) atoms. The highest BCUT2D eigenvalue weighted by Gasteiger charge is 2.29. The Morgan fingerprint density at radius 3 is 2.25 bits per heavy atom. The fourth-order valence-electron chi connectivity index (χ4n) is 3.76. The van der Waals surface area contributed by atoms with E-state index < -0.39 is 10.0 Å². The minimum atomic E-state index is -3.52. The molecule has 1 aliphatic rings. The number of hydrogen-bond donors (Lipinski definition) is 0. The van der Waals surface area contributed by atoms with Gasteiger partial charge in [-0.15, -0.1) is 0 Å². The molecule has 0 bridgehead atoms. The molecule has 1 saturated heterocycles. The van der Waals surface area contributed by atoms with E-state index in [-0.39, 0.29) is 0 Å². The quantitative estimate of drug-likeness (QED) is 0.538. The van der Waals surface area contributed by atoms with E-state index in [1.165, 1.54) is 5.56 Å². The number of aryl methyl sites for hydroxylation is 2. The number of hydrogen-bond acceptors (Lipinski definition) is 6. The van der Waals surface area contributed by atoms with Crippen LogP contribution in [-0.2, 0) is 16.6 Å². The zero-order chi connectivity index (χ0) is 22.7. The van der Waals surface area contributed by atoms with E-state index in [9.17, 15) is 8.42 Å². The summed E-state index contributed by atoms with van der Waals surface area (Å²) in [5, 5.41) is 0. The van der Waals surface area contributed by atoms with E-state index in [1.54, 1.807) is 28.6 Å². The fourth-order valence-corrected chi connectivity index (χ4v) is 5.18. The molecule has 4 rings (SSSR count). The van der Waals surface area contributed by atoms with Crippen molar-refractivity contribution in [3.05, 3.63) is 65.5 Å². The normalized spacial score (nSPS) is 15.7. The summed E-state index contributed by atoms with van der Waals surface area (Å²) in [6.07, 6.45) is 0. The zero-order valence-electron chi connectivity index (χ0n) is 18.7. The van der Waals surface area contributed by atoms with Crippen LogP contribution in [0.15, 0.2) is 57.8 Å². The van der Waals surface area contributed by atoms with E-state index in [0.29, 0.717) is 55.9 Å². The SMILES string of the molecule is CCOc1ccc(S(=O)(=O)N2CCN(Cc3nc(-c4ccc(C)cc4)oc3C)CC2)cc1. The minimum absolute atomic E-state index is 0.296. The van der Waals surface area contributed by atoms with Crippen LogP contribution in [-0.4, -0.2) is 55.4 Å². The van der Waals surface area contributed by atoms with Crippen molar-refractivity contribution in [2.75, 3.05) is 32.8 Å². The second kappa shape index (κ2) is 9.44. The summed E-state index contributed by atoms with van der Waals surface area (Å²) in [4.78, 5) is 7.20. The van der Waals surface area contributed by atoms with Gasteiger partial charge in [-0.2, -0.15) is 4.31 Å². The van der Waals surface area contributed by atoms with E-state index >= 15 is 0 Å². The summed E-state index contributed by atoms with van der Waals surface area (Å²) >= 11 is 0. The van der Waals surface area contributed by atoms with Gasteiger partial charge >= 0.3 is 0 Å². The summed E-state index contributed by atoms with van der Waals surface area (Å²) < 4.78 is 38.8. The van der Waals surface area contributed by atoms with E-state index in [4.69, 9.17) is 14.1 Å². The van der Waals surface area contributed by atoms with Crippen molar-refractivity contribution in [2.45, 2.75) is 32.2 Å². The first-order valence-corrected chi connectivity index (χ1v) is 12.3. The van der Waals surface area contributed by atoms with Gasteiger partial charge in [0, 0.05) is 38.3 Å². The van der Waals surface area contributed by atoms with Crippen molar-refractivity contribution in [1.29, 1.82) is 0 Å². The van der Waals surface area contributed by atoms with Gasteiger partial charge in [-0.1, -0.05) is 17.7 Å². The van der Waals surface area contributed by atoms with Crippen LogP contribution >= 0.6 is 0 Å². The van der Waals surface area contributed by atoms with E-state index in [2.05, 4.69) is 4.90 Å². The van der Waals surface area contributed by atoms with Crippen LogP contribution < -0.4 is 4.74 Å². The highest BCUT2D eigenvalue weighted by molar-refractivity contribution is 7.89. The molecule has 170 valence electrons. The van der Waals surface area contributed by atoms with E-state index in [0.717, 1.165) is 17.0 Å².